The second kappa shape index (κ2) is 4.18. The van der Waals surface area contributed by atoms with Gasteiger partial charge in [0.15, 0.2) is 5.65 Å². The normalized spacial score (nSPS) is 14.7. The fourth-order valence-corrected chi connectivity index (χ4v) is 2.59. The van der Waals surface area contributed by atoms with Gasteiger partial charge in [-0.15, -0.1) is 0 Å². The van der Waals surface area contributed by atoms with E-state index in [9.17, 15) is 0 Å². The first-order valence-electron chi connectivity index (χ1n) is 7.00. The van der Waals surface area contributed by atoms with Crippen molar-refractivity contribution in [3.05, 3.63) is 30.1 Å². The average molecular weight is 280 g/mol. The Morgan fingerprint density at radius 1 is 1.19 bits per heavy atom. The van der Waals surface area contributed by atoms with Crippen LogP contribution in [0.3, 0.4) is 0 Å². The molecule has 1 fully saturated rings. The monoisotopic (exact) mass is 280 g/mol. The summed E-state index contributed by atoms with van der Waals surface area (Å²) in [7, 11) is 0. The minimum Gasteiger partial charge on any atom is -0.399 e. The van der Waals surface area contributed by atoms with Crippen LogP contribution >= 0.6 is 0 Å². The largest absolute Gasteiger partial charge is 0.399 e. The second-order valence-corrected chi connectivity index (χ2v) is 5.55. The number of anilines is 2. The number of benzene rings is 1. The molecule has 0 spiro atoms. The minimum atomic E-state index is 0.436. The van der Waals surface area contributed by atoms with E-state index in [4.69, 9.17) is 16.6 Å². The quantitative estimate of drug-likeness (QED) is 0.702. The van der Waals surface area contributed by atoms with E-state index in [0.29, 0.717) is 11.9 Å². The van der Waals surface area contributed by atoms with E-state index in [2.05, 4.69) is 9.97 Å². The maximum atomic E-state index is 6.07. The molecule has 6 heteroatoms. The van der Waals surface area contributed by atoms with Crippen molar-refractivity contribution in [2.45, 2.75) is 25.8 Å². The lowest BCUT2D eigenvalue weighted by Gasteiger charge is -2.03. The summed E-state index contributed by atoms with van der Waals surface area (Å²) >= 11 is 0. The predicted octanol–water partition coefficient (Wildman–Crippen LogP) is 2.30. The van der Waals surface area contributed by atoms with Crippen molar-refractivity contribution in [3.63, 3.8) is 0 Å². The lowest BCUT2D eigenvalue weighted by atomic mass is 10.1. The first kappa shape index (κ1) is 12.1. The standard InChI is InChI=1S/C15H16N6/c1-8-6-9(2-5-11(8)16)13-12-14(17)18-7-19-15(12)21(20-13)10-3-4-10/h2,5-7,10H,3-4,16H2,1H3,(H2,17,18,19). The van der Waals surface area contributed by atoms with Gasteiger partial charge in [0, 0.05) is 11.3 Å². The molecule has 4 N–H and O–H groups in total. The molecule has 2 heterocycles. The summed E-state index contributed by atoms with van der Waals surface area (Å²) in [5.41, 5.74) is 16.4. The smallest absolute Gasteiger partial charge is 0.164 e. The van der Waals surface area contributed by atoms with Crippen molar-refractivity contribution in [2.24, 2.45) is 0 Å². The van der Waals surface area contributed by atoms with Gasteiger partial charge in [0.25, 0.3) is 0 Å². The highest BCUT2D eigenvalue weighted by Gasteiger charge is 2.29. The zero-order chi connectivity index (χ0) is 14.6. The van der Waals surface area contributed by atoms with Gasteiger partial charge in [-0.1, -0.05) is 6.07 Å². The average Bonchev–Trinajstić information content (AvgIpc) is 3.23. The third kappa shape index (κ3) is 1.83. The van der Waals surface area contributed by atoms with E-state index in [1.54, 1.807) is 0 Å². The van der Waals surface area contributed by atoms with Gasteiger partial charge < -0.3 is 11.5 Å². The molecule has 1 saturated carbocycles. The van der Waals surface area contributed by atoms with Crippen molar-refractivity contribution >= 4 is 22.5 Å². The van der Waals surface area contributed by atoms with E-state index in [-0.39, 0.29) is 0 Å². The Kier molecular flexibility index (Phi) is 2.42. The van der Waals surface area contributed by atoms with Crippen molar-refractivity contribution in [3.8, 4) is 11.3 Å². The van der Waals surface area contributed by atoms with Crippen molar-refractivity contribution in [2.75, 3.05) is 11.5 Å². The molecule has 1 aromatic carbocycles. The summed E-state index contributed by atoms with van der Waals surface area (Å²) in [6.07, 6.45) is 3.78. The Morgan fingerprint density at radius 2 is 2.00 bits per heavy atom. The number of nitrogen functional groups attached to an aromatic ring is 2. The SMILES string of the molecule is Cc1cc(-c2nn(C3CC3)c3ncnc(N)c23)ccc1N. The molecule has 0 radical (unpaired) electrons. The van der Waals surface area contributed by atoms with Crippen molar-refractivity contribution in [1.82, 2.24) is 19.7 Å². The highest BCUT2D eigenvalue weighted by Crippen LogP contribution is 2.40. The van der Waals surface area contributed by atoms with Crippen LogP contribution in [-0.4, -0.2) is 19.7 Å². The molecule has 2 aromatic heterocycles. The molecule has 1 aliphatic carbocycles. The van der Waals surface area contributed by atoms with Crippen LogP contribution in [0, 0.1) is 6.92 Å². The number of hydrogen-bond donors (Lipinski definition) is 2. The summed E-state index contributed by atoms with van der Waals surface area (Å²) in [5, 5.41) is 5.57. The molecule has 3 aromatic rings. The molecule has 0 unspecified atom stereocenters. The van der Waals surface area contributed by atoms with Gasteiger partial charge >= 0.3 is 0 Å². The van der Waals surface area contributed by atoms with Crippen LogP contribution in [0.2, 0.25) is 0 Å². The fourth-order valence-electron chi connectivity index (χ4n) is 2.59. The van der Waals surface area contributed by atoms with Gasteiger partial charge in [-0.2, -0.15) is 5.10 Å². The lowest BCUT2D eigenvalue weighted by molar-refractivity contribution is 0.660. The van der Waals surface area contributed by atoms with Crippen LogP contribution in [0.4, 0.5) is 11.5 Å². The van der Waals surface area contributed by atoms with E-state index < -0.39 is 0 Å². The van der Waals surface area contributed by atoms with Crippen molar-refractivity contribution in [1.29, 1.82) is 0 Å². The Balaban J connectivity index is 2.01. The van der Waals surface area contributed by atoms with Gasteiger partial charge in [-0.25, -0.2) is 14.6 Å². The van der Waals surface area contributed by atoms with Gasteiger partial charge in [0.05, 0.1) is 11.4 Å². The van der Waals surface area contributed by atoms with Crippen LogP contribution in [0.25, 0.3) is 22.3 Å². The number of nitrogens with two attached hydrogens (primary N) is 2. The van der Waals surface area contributed by atoms with Crippen LogP contribution in [0.15, 0.2) is 24.5 Å². The number of aryl methyl sites for hydroxylation is 1. The zero-order valence-electron chi connectivity index (χ0n) is 11.7. The molecule has 0 bridgehead atoms. The van der Waals surface area contributed by atoms with Crippen LogP contribution < -0.4 is 11.5 Å². The molecule has 4 rings (SSSR count). The topological polar surface area (TPSA) is 95.6 Å². The summed E-state index contributed by atoms with van der Waals surface area (Å²) in [6, 6.07) is 6.33. The van der Waals surface area contributed by atoms with E-state index in [1.165, 1.54) is 6.33 Å². The summed E-state index contributed by atoms with van der Waals surface area (Å²) in [4.78, 5) is 8.49. The summed E-state index contributed by atoms with van der Waals surface area (Å²) in [6.45, 7) is 1.98. The van der Waals surface area contributed by atoms with Gasteiger partial charge in [-0.05, 0) is 37.5 Å². The number of nitrogens with zero attached hydrogens (tertiary/aromatic N) is 4. The highest BCUT2D eigenvalue weighted by atomic mass is 15.3. The Morgan fingerprint density at radius 3 is 2.71 bits per heavy atom. The first-order chi connectivity index (χ1) is 10.1. The zero-order valence-corrected chi connectivity index (χ0v) is 11.7. The molecule has 0 atom stereocenters. The molecule has 6 nitrogen and oxygen atoms in total. The third-order valence-corrected chi connectivity index (χ3v) is 3.95. The van der Waals surface area contributed by atoms with Crippen LogP contribution in [0.5, 0.6) is 0 Å². The fraction of sp³-hybridized carbons (Fsp3) is 0.267. The van der Waals surface area contributed by atoms with Crippen LogP contribution in [0.1, 0.15) is 24.4 Å². The Hall–Kier alpha value is -2.63. The van der Waals surface area contributed by atoms with E-state index >= 15 is 0 Å². The maximum absolute atomic E-state index is 6.07. The lowest BCUT2D eigenvalue weighted by Crippen LogP contribution is -1.98. The molecule has 1 aliphatic rings. The highest BCUT2D eigenvalue weighted by molar-refractivity contribution is 5.98. The minimum absolute atomic E-state index is 0.436. The number of fused-ring (bicyclic) bond motifs is 1. The van der Waals surface area contributed by atoms with Gasteiger partial charge in [0.1, 0.15) is 17.8 Å². The summed E-state index contributed by atoms with van der Waals surface area (Å²) in [5.74, 6) is 0.469. The maximum Gasteiger partial charge on any atom is 0.164 e. The molecule has 106 valence electrons. The number of hydrogen-bond acceptors (Lipinski definition) is 5. The molecule has 0 amide bonds. The predicted molar refractivity (Wildman–Crippen MR) is 82.6 cm³/mol. The van der Waals surface area contributed by atoms with Crippen LogP contribution in [-0.2, 0) is 0 Å². The summed E-state index contributed by atoms with van der Waals surface area (Å²) < 4.78 is 1.98. The molecule has 0 saturated heterocycles. The Bertz CT molecular complexity index is 847. The van der Waals surface area contributed by atoms with E-state index in [1.807, 2.05) is 29.8 Å². The molecule has 21 heavy (non-hydrogen) atoms. The van der Waals surface area contributed by atoms with Gasteiger partial charge in [0.2, 0.25) is 0 Å². The third-order valence-electron chi connectivity index (χ3n) is 3.95. The van der Waals surface area contributed by atoms with Gasteiger partial charge in [-0.3, -0.25) is 0 Å². The Labute approximate surface area is 121 Å². The number of rotatable bonds is 2. The number of aromatic nitrogens is 4. The molecular weight excluding hydrogens is 264 g/mol. The first-order valence-corrected chi connectivity index (χ1v) is 7.00. The molecular formula is C15H16N6. The second-order valence-electron chi connectivity index (χ2n) is 5.55. The molecule has 0 aliphatic heterocycles. The van der Waals surface area contributed by atoms with E-state index in [0.717, 1.165) is 46.4 Å². The van der Waals surface area contributed by atoms with Crippen molar-refractivity contribution < 1.29 is 0 Å².